The van der Waals surface area contributed by atoms with Gasteiger partial charge >= 0.3 is 0 Å². The van der Waals surface area contributed by atoms with E-state index in [2.05, 4.69) is 46.5 Å². The van der Waals surface area contributed by atoms with Gasteiger partial charge in [0.2, 0.25) is 5.91 Å². The summed E-state index contributed by atoms with van der Waals surface area (Å²) in [5, 5.41) is 15.0. The minimum atomic E-state index is -0.150. The van der Waals surface area contributed by atoms with Crippen molar-refractivity contribution in [3.05, 3.63) is 69.8 Å². The predicted octanol–water partition coefficient (Wildman–Crippen LogP) is 5.52. The molecule has 0 bridgehead atoms. The molecule has 0 unspecified atom stereocenters. The van der Waals surface area contributed by atoms with Crippen LogP contribution in [0.15, 0.2) is 53.0 Å². The number of hydrogen-bond donors (Lipinski definition) is 1. The van der Waals surface area contributed by atoms with Gasteiger partial charge in [-0.3, -0.25) is 4.79 Å². The topological polar surface area (TPSA) is 81.9 Å². The number of carbonyl (C=O) groups is 1. The lowest BCUT2D eigenvalue weighted by Gasteiger charge is -2.06. The van der Waals surface area contributed by atoms with Crippen molar-refractivity contribution in [3.63, 3.8) is 0 Å². The van der Waals surface area contributed by atoms with E-state index in [4.69, 9.17) is 16.3 Å². The maximum atomic E-state index is 12.4. The Kier molecular flexibility index (Phi) is 7.32. The third kappa shape index (κ3) is 5.93. The van der Waals surface area contributed by atoms with E-state index in [1.807, 2.05) is 23.1 Å². The van der Waals surface area contributed by atoms with Crippen molar-refractivity contribution < 1.29 is 9.53 Å². The summed E-state index contributed by atoms with van der Waals surface area (Å²) in [6.07, 6.45) is 0. The van der Waals surface area contributed by atoms with Gasteiger partial charge in [0.05, 0.1) is 11.4 Å². The second kappa shape index (κ2) is 10.4. The number of halogens is 1. The lowest BCUT2D eigenvalue weighted by Crippen LogP contribution is -2.14. The molecule has 0 radical (unpaired) electrons. The molecular weight excluding hydrogens is 478 g/mol. The summed E-state index contributed by atoms with van der Waals surface area (Å²) in [7, 11) is 1.84. The number of amides is 1. The number of benzene rings is 2. The van der Waals surface area contributed by atoms with Crippen LogP contribution in [0.3, 0.4) is 0 Å². The number of ether oxygens (including phenoxy) is 1. The molecule has 2 heterocycles. The monoisotopic (exact) mass is 499 g/mol. The smallest absolute Gasteiger partial charge is 0.236 e. The van der Waals surface area contributed by atoms with Gasteiger partial charge in [0.1, 0.15) is 12.4 Å². The zero-order chi connectivity index (χ0) is 23.4. The molecule has 0 aliphatic heterocycles. The average molecular weight is 500 g/mol. The molecule has 0 saturated carbocycles. The number of nitrogens with zero attached hydrogens (tertiary/aromatic N) is 4. The number of thioether (sulfide) groups is 1. The summed E-state index contributed by atoms with van der Waals surface area (Å²) in [5.74, 6) is 1.40. The van der Waals surface area contributed by atoms with Gasteiger partial charge in [-0.1, -0.05) is 35.5 Å². The number of nitrogens with one attached hydrogen (secondary N) is 1. The molecule has 170 valence electrons. The Morgan fingerprint density at radius 2 is 1.94 bits per heavy atom. The molecule has 1 amide bonds. The number of rotatable bonds is 8. The Morgan fingerprint density at radius 3 is 2.70 bits per heavy atom. The first kappa shape index (κ1) is 23.3. The second-order valence-corrected chi connectivity index (χ2v) is 9.61. The molecule has 4 aromatic rings. The zero-order valence-corrected chi connectivity index (χ0v) is 20.7. The summed E-state index contributed by atoms with van der Waals surface area (Å²) >= 11 is 8.60. The fourth-order valence-corrected chi connectivity index (χ4v) is 4.52. The summed E-state index contributed by atoms with van der Waals surface area (Å²) in [4.78, 5) is 17.0. The van der Waals surface area contributed by atoms with Crippen LogP contribution in [0.4, 0.5) is 5.13 Å². The highest BCUT2D eigenvalue weighted by Crippen LogP contribution is 2.27. The summed E-state index contributed by atoms with van der Waals surface area (Å²) in [6.45, 7) is 4.42. The normalized spacial score (nSPS) is 10.9. The highest BCUT2D eigenvalue weighted by atomic mass is 35.5. The molecule has 0 fully saturated rings. The maximum Gasteiger partial charge on any atom is 0.236 e. The number of thiazole rings is 1. The van der Waals surface area contributed by atoms with E-state index < -0.39 is 0 Å². The number of aryl methyl sites for hydroxylation is 2. The van der Waals surface area contributed by atoms with Crippen molar-refractivity contribution in [3.8, 4) is 17.0 Å². The Morgan fingerprint density at radius 1 is 1.15 bits per heavy atom. The van der Waals surface area contributed by atoms with Crippen LogP contribution < -0.4 is 10.1 Å². The molecule has 10 heteroatoms. The van der Waals surface area contributed by atoms with Crippen molar-refractivity contribution in [1.29, 1.82) is 0 Å². The first-order chi connectivity index (χ1) is 15.9. The Bertz CT molecular complexity index is 1270. The third-order valence-corrected chi connectivity index (χ3v) is 7.02. The van der Waals surface area contributed by atoms with Gasteiger partial charge in [-0.05, 0) is 55.3 Å². The fourth-order valence-electron chi connectivity index (χ4n) is 2.93. The van der Waals surface area contributed by atoms with Gasteiger partial charge in [0.25, 0.3) is 0 Å². The van der Waals surface area contributed by atoms with E-state index in [-0.39, 0.29) is 18.3 Å². The summed E-state index contributed by atoms with van der Waals surface area (Å²) in [5.41, 5.74) is 4.34. The molecular formula is C23H22ClN5O2S2. The number of anilines is 1. The van der Waals surface area contributed by atoms with Crippen LogP contribution in [-0.4, -0.2) is 31.4 Å². The number of hydrogen-bond acceptors (Lipinski definition) is 7. The van der Waals surface area contributed by atoms with Gasteiger partial charge in [0.15, 0.2) is 16.1 Å². The van der Waals surface area contributed by atoms with E-state index in [0.29, 0.717) is 26.9 Å². The Balaban J connectivity index is 1.30. The molecule has 2 aromatic carbocycles. The standard InChI is InChI=1S/C23H22ClN5O2S2/c1-14-4-5-16(10-15(14)2)19-12-32-22(25-19)26-21(30)13-33-23-28-27-20(29(23)3)11-31-18-8-6-17(24)7-9-18/h4-10,12H,11,13H2,1-3H3,(H,25,26,30). The fraction of sp³-hybridized carbons (Fsp3) is 0.217. The van der Waals surface area contributed by atoms with Crippen LogP contribution in [-0.2, 0) is 18.4 Å². The predicted molar refractivity (Wildman–Crippen MR) is 133 cm³/mol. The van der Waals surface area contributed by atoms with Gasteiger partial charge in [-0.25, -0.2) is 4.98 Å². The van der Waals surface area contributed by atoms with Crippen LogP contribution in [0.1, 0.15) is 17.0 Å². The van der Waals surface area contributed by atoms with Gasteiger partial charge in [-0.2, -0.15) is 0 Å². The summed E-state index contributed by atoms with van der Waals surface area (Å²) in [6, 6.07) is 13.3. The van der Waals surface area contributed by atoms with E-state index in [1.54, 1.807) is 24.3 Å². The van der Waals surface area contributed by atoms with Crippen molar-refractivity contribution in [1.82, 2.24) is 19.7 Å². The molecule has 0 spiro atoms. The van der Waals surface area contributed by atoms with Crippen LogP contribution in [0, 0.1) is 13.8 Å². The largest absolute Gasteiger partial charge is 0.486 e. The van der Waals surface area contributed by atoms with Gasteiger partial charge < -0.3 is 14.6 Å². The SMILES string of the molecule is Cc1ccc(-c2csc(NC(=O)CSc3nnc(COc4ccc(Cl)cc4)n3C)n2)cc1C. The zero-order valence-electron chi connectivity index (χ0n) is 18.3. The minimum absolute atomic E-state index is 0.150. The van der Waals surface area contributed by atoms with Crippen molar-refractivity contribution >= 4 is 45.7 Å². The maximum absolute atomic E-state index is 12.4. The molecule has 4 rings (SSSR count). The highest BCUT2D eigenvalue weighted by Gasteiger charge is 2.14. The minimum Gasteiger partial charge on any atom is -0.486 e. The van der Waals surface area contributed by atoms with E-state index >= 15 is 0 Å². The molecule has 0 saturated heterocycles. The molecule has 2 aromatic heterocycles. The lowest BCUT2D eigenvalue weighted by molar-refractivity contribution is -0.113. The molecule has 33 heavy (non-hydrogen) atoms. The number of aromatic nitrogens is 4. The van der Waals surface area contributed by atoms with Crippen LogP contribution in [0.5, 0.6) is 5.75 Å². The average Bonchev–Trinajstić information content (AvgIpc) is 3.40. The van der Waals surface area contributed by atoms with E-state index in [0.717, 1.165) is 11.3 Å². The Hall–Kier alpha value is -2.88. The van der Waals surface area contributed by atoms with Crippen molar-refractivity contribution in [2.75, 3.05) is 11.1 Å². The summed E-state index contributed by atoms with van der Waals surface area (Å²) < 4.78 is 7.54. The first-order valence-corrected chi connectivity index (χ1v) is 12.4. The van der Waals surface area contributed by atoms with Crippen molar-refractivity contribution in [2.24, 2.45) is 7.05 Å². The van der Waals surface area contributed by atoms with Gasteiger partial charge in [0, 0.05) is 23.0 Å². The van der Waals surface area contributed by atoms with Crippen LogP contribution in [0.2, 0.25) is 5.02 Å². The number of carbonyl (C=O) groups excluding carboxylic acids is 1. The first-order valence-electron chi connectivity index (χ1n) is 10.1. The lowest BCUT2D eigenvalue weighted by atomic mass is 10.1. The molecule has 7 nitrogen and oxygen atoms in total. The molecule has 0 atom stereocenters. The van der Waals surface area contributed by atoms with Gasteiger partial charge in [-0.15, -0.1) is 21.5 Å². The van der Waals surface area contributed by atoms with Crippen molar-refractivity contribution in [2.45, 2.75) is 25.6 Å². The van der Waals surface area contributed by atoms with Crippen LogP contribution >= 0.6 is 34.7 Å². The van der Waals surface area contributed by atoms with Crippen LogP contribution in [0.25, 0.3) is 11.3 Å². The Labute approximate surface area is 205 Å². The highest BCUT2D eigenvalue weighted by molar-refractivity contribution is 7.99. The molecule has 1 N–H and O–H groups in total. The second-order valence-electron chi connectivity index (χ2n) is 7.37. The molecule has 0 aliphatic carbocycles. The van der Waals surface area contributed by atoms with E-state index in [9.17, 15) is 4.79 Å². The third-order valence-electron chi connectivity index (χ3n) is 4.99. The quantitative estimate of drug-likeness (QED) is 0.321. The van der Waals surface area contributed by atoms with E-state index in [1.165, 1.54) is 34.2 Å². The molecule has 0 aliphatic rings.